The Bertz CT molecular complexity index is 466. The van der Waals surface area contributed by atoms with E-state index in [2.05, 4.69) is 4.90 Å². The molecule has 1 fully saturated rings. The maximum Gasteiger partial charge on any atom is 0.241 e. The number of carbonyl (C=O) groups excluding carboxylic acids is 1. The van der Waals surface area contributed by atoms with Gasteiger partial charge in [0.2, 0.25) is 5.91 Å². The number of halogens is 3. The number of rotatable bonds is 5. The van der Waals surface area contributed by atoms with Crippen LogP contribution in [0.2, 0.25) is 5.02 Å². The zero-order valence-corrected chi connectivity index (χ0v) is 15.5. The number of nitrogens with two attached hydrogens (primary N) is 1. The van der Waals surface area contributed by atoms with Crippen LogP contribution in [0.25, 0.3) is 0 Å². The average molecular weight is 385 g/mol. The maximum absolute atomic E-state index is 12.1. The molecule has 1 amide bonds. The smallest absolute Gasteiger partial charge is 0.241 e. The molecule has 0 aliphatic carbocycles. The minimum atomic E-state index is -0.558. The van der Waals surface area contributed by atoms with Crippen molar-refractivity contribution in [3.8, 4) is 0 Å². The fourth-order valence-electron chi connectivity index (χ4n) is 2.46. The molecule has 2 rings (SSSR count). The van der Waals surface area contributed by atoms with Gasteiger partial charge in [-0.15, -0.1) is 24.8 Å². The lowest BCUT2D eigenvalue weighted by atomic mass is 10.2. The summed E-state index contributed by atoms with van der Waals surface area (Å²) in [5, 5.41) is 0.751. The van der Waals surface area contributed by atoms with Gasteiger partial charge in [-0.1, -0.05) is 23.7 Å². The van der Waals surface area contributed by atoms with Crippen LogP contribution in [0.15, 0.2) is 24.3 Å². The Kier molecular flexibility index (Phi) is 10.8. The topological polar surface area (TPSA) is 58.8 Å². The number of nitrogens with zero attached hydrogens (tertiary/aromatic N) is 2. The number of amides is 1. The van der Waals surface area contributed by atoms with E-state index in [1.807, 2.05) is 29.2 Å². The van der Waals surface area contributed by atoms with Crippen molar-refractivity contribution in [2.75, 3.05) is 39.9 Å². The van der Waals surface area contributed by atoms with Crippen LogP contribution in [-0.2, 0) is 16.1 Å². The van der Waals surface area contributed by atoms with E-state index in [1.165, 1.54) is 5.56 Å². The predicted molar refractivity (Wildman–Crippen MR) is 97.7 cm³/mol. The molecule has 0 spiro atoms. The molecule has 0 radical (unpaired) electrons. The third kappa shape index (κ3) is 6.83. The van der Waals surface area contributed by atoms with Gasteiger partial charge in [0.25, 0.3) is 0 Å². The first kappa shape index (κ1) is 22.4. The first-order valence-electron chi connectivity index (χ1n) is 7.10. The zero-order chi connectivity index (χ0) is 15.2. The molecular formula is C15H24Cl3N3O2. The van der Waals surface area contributed by atoms with Crippen LogP contribution >= 0.6 is 36.4 Å². The highest BCUT2D eigenvalue weighted by atomic mass is 35.5. The van der Waals surface area contributed by atoms with Gasteiger partial charge < -0.3 is 15.4 Å². The molecule has 0 saturated carbocycles. The molecule has 1 atom stereocenters. The van der Waals surface area contributed by atoms with Gasteiger partial charge in [-0.3, -0.25) is 9.69 Å². The van der Waals surface area contributed by atoms with E-state index < -0.39 is 6.04 Å². The van der Waals surface area contributed by atoms with Gasteiger partial charge >= 0.3 is 0 Å². The largest absolute Gasteiger partial charge is 0.383 e. The van der Waals surface area contributed by atoms with Crippen molar-refractivity contribution in [3.05, 3.63) is 34.9 Å². The Morgan fingerprint density at radius 3 is 2.30 bits per heavy atom. The lowest BCUT2D eigenvalue weighted by Gasteiger charge is -2.35. The molecule has 1 aromatic rings. The Labute approximate surface area is 154 Å². The molecule has 1 saturated heterocycles. The Hall–Kier alpha value is -0.560. The molecule has 8 heteroatoms. The second-order valence-corrected chi connectivity index (χ2v) is 5.73. The highest BCUT2D eigenvalue weighted by Crippen LogP contribution is 2.13. The Balaban J connectivity index is 0.00000242. The molecule has 2 N–H and O–H groups in total. The monoisotopic (exact) mass is 383 g/mol. The van der Waals surface area contributed by atoms with Crippen molar-refractivity contribution >= 4 is 42.3 Å². The highest BCUT2D eigenvalue weighted by Gasteiger charge is 2.25. The van der Waals surface area contributed by atoms with E-state index in [0.717, 1.165) is 24.7 Å². The van der Waals surface area contributed by atoms with E-state index in [0.29, 0.717) is 13.1 Å². The summed E-state index contributed by atoms with van der Waals surface area (Å²) in [6, 6.07) is 7.32. The lowest BCUT2D eigenvalue weighted by Crippen LogP contribution is -2.53. The molecule has 5 nitrogen and oxygen atoms in total. The Morgan fingerprint density at radius 1 is 1.22 bits per heavy atom. The SMILES string of the molecule is COCC(N)C(=O)N1CCN(Cc2ccc(Cl)cc2)CC1.Cl.Cl. The third-order valence-corrected chi connectivity index (χ3v) is 3.92. The lowest BCUT2D eigenvalue weighted by molar-refractivity contribution is -0.135. The van der Waals surface area contributed by atoms with Crippen LogP contribution in [0.3, 0.4) is 0 Å². The van der Waals surface area contributed by atoms with Crippen LogP contribution in [0, 0.1) is 0 Å². The van der Waals surface area contributed by atoms with Gasteiger partial charge in [-0.25, -0.2) is 0 Å². The molecule has 0 aromatic heterocycles. The third-order valence-electron chi connectivity index (χ3n) is 3.67. The quantitative estimate of drug-likeness (QED) is 0.841. The summed E-state index contributed by atoms with van der Waals surface area (Å²) < 4.78 is 4.93. The summed E-state index contributed by atoms with van der Waals surface area (Å²) >= 11 is 5.88. The molecule has 0 bridgehead atoms. The van der Waals surface area contributed by atoms with Crippen LogP contribution in [0.1, 0.15) is 5.56 Å². The van der Waals surface area contributed by atoms with Gasteiger partial charge in [0.1, 0.15) is 6.04 Å². The normalized spacial score (nSPS) is 16.2. The van der Waals surface area contributed by atoms with Gasteiger partial charge in [0, 0.05) is 44.9 Å². The van der Waals surface area contributed by atoms with Crippen LogP contribution in [0.4, 0.5) is 0 Å². The summed E-state index contributed by atoms with van der Waals surface area (Å²) in [6.07, 6.45) is 0. The summed E-state index contributed by atoms with van der Waals surface area (Å²) in [5.74, 6) is -0.0250. The second kappa shape index (κ2) is 11.1. The zero-order valence-electron chi connectivity index (χ0n) is 13.1. The van der Waals surface area contributed by atoms with E-state index in [-0.39, 0.29) is 37.3 Å². The Morgan fingerprint density at radius 2 is 1.78 bits per heavy atom. The molecule has 1 aliphatic rings. The highest BCUT2D eigenvalue weighted by molar-refractivity contribution is 6.30. The molecule has 23 heavy (non-hydrogen) atoms. The van der Waals surface area contributed by atoms with E-state index >= 15 is 0 Å². The summed E-state index contributed by atoms with van der Waals surface area (Å²) in [6.45, 7) is 4.28. The predicted octanol–water partition coefficient (Wildman–Crippen LogP) is 1.80. The first-order chi connectivity index (χ1) is 10.1. The number of piperazine rings is 1. The van der Waals surface area contributed by atoms with Crippen molar-refractivity contribution in [2.24, 2.45) is 5.73 Å². The second-order valence-electron chi connectivity index (χ2n) is 5.29. The van der Waals surface area contributed by atoms with Gasteiger partial charge in [-0.2, -0.15) is 0 Å². The van der Waals surface area contributed by atoms with Crippen molar-refractivity contribution in [1.82, 2.24) is 9.80 Å². The summed E-state index contributed by atoms with van der Waals surface area (Å²) in [4.78, 5) is 16.2. The van der Waals surface area contributed by atoms with Crippen molar-refractivity contribution < 1.29 is 9.53 Å². The molecule has 1 aromatic carbocycles. The summed E-state index contributed by atoms with van der Waals surface area (Å²) in [7, 11) is 1.55. The van der Waals surface area contributed by atoms with Gasteiger partial charge in [0.05, 0.1) is 6.61 Å². The first-order valence-corrected chi connectivity index (χ1v) is 7.48. The number of hydrogen-bond acceptors (Lipinski definition) is 4. The number of methoxy groups -OCH3 is 1. The minimum absolute atomic E-state index is 0. The number of hydrogen-bond donors (Lipinski definition) is 1. The molecule has 132 valence electrons. The average Bonchev–Trinajstić information content (AvgIpc) is 2.50. The van der Waals surface area contributed by atoms with Crippen molar-refractivity contribution in [3.63, 3.8) is 0 Å². The molecule has 1 unspecified atom stereocenters. The van der Waals surface area contributed by atoms with Crippen LogP contribution < -0.4 is 5.73 Å². The summed E-state index contributed by atoms with van der Waals surface area (Å²) in [5.41, 5.74) is 7.02. The van der Waals surface area contributed by atoms with E-state index in [1.54, 1.807) is 7.11 Å². The molecule has 1 heterocycles. The number of ether oxygens (including phenoxy) is 1. The van der Waals surface area contributed by atoms with E-state index in [4.69, 9.17) is 22.1 Å². The minimum Gasteiger partial charge on any atom is -0.383 e. The number of carbonyl (C=O) groups is 1. The standard InChI is InChI=1S/C15H22ClN3O2.2ClH/c1-21-11-14(17)15(20)19-8-6-18(7-9-19)10-12-2-4-13(16)5-3-12;;/h2-5,14H,6-11,17H2,1H3;2*1H. The molecular weight excluding hydrogens is 361 g/mol. The van der Waals surface area contributed by atoms with Gasteiger partial charge in [-0.05, 0) is 17.7 Å². The maximum atomic E-state index is 12.1. The fraction of sp³-hybridized carbons (Fsp3) is 0.533. The number of benzene rings is 1. The van der Waals surface area contributed by atoms with Gasteiger partial charge in [0.15, 0.2) is 0 Å². The van der Waals surface area contributed by atoms with Crippen molar-refractivity contribution in [1.29, 1.82) is 0 Å². The van der Waals surface area contributed by atoms with E-state index in [9.17, 15) is 4.79 Å². The van der Waals surface area contributed by atoms with Crippen LogP contribution in [-0.4, -0.2) is 61.6 Å². The van der Waals surface area contributed by atoms with Crippen LogP contribution in [0.5, 0.6) is 0 Å². The molecule has 1 aliphatic heterocycles. The van der Waals surface area contributed by atoms with Crippen molar-refractivity contribution in [2.45, 2.75) is 12.6 Å². The fourth-order valence-corrected chi connectivity index (χ4v) is 2.59.